The molecule has 18 heavy (non-hydrogen) atoms. The van der Waals surface area contributed by atoms with E-state index in [1.807, 2.05) is 24.3 Å². The molecule has 5 nitrogen and oxygen atoms in total. The van der Waals surface area contributed by atoms with Crippen LogP contribution in [0.15, 0.2) is 24.3 Å². The molecule has 0 radical (unpaired) electrons. The Morgan fingerprint density at radius 3 is 2.61 bits per heavy atom. The molecule has 0 aromatic heterocycles. The molecule has 1 heterocycles. The number of amides is 1. The van der Waals surface area contributed by atoms with Gasteiger partial charge in [0.1, 0.15) is 5.75 Å². The molecule has 2 rings (SSSR count). The number of ether oxygens (including phenoxy) is 1. The Labute approximate surface area is 106 Å². The number of likely N-dealkylation sites (tertiary alicyclic amines) is 1. The average molecular weight is 251 g/mol. The molecule has 2 atom stereocenters. The monoisotopic (exact) mass is 251 g/mol. The number of hydrogen-bond donors (Lipinski definition) is 2. The maximum atomic E-state index is 11.0. The molecule has 1 amide bonds. The number of hydrogen-bond acceptors (Lipinski definition) is 3. The fourth-order valence-corrected chi connectivity index (χ4v) is 2.56. The summed E-state index contributed by atoms with van der Waals surface area (Å²) in [4.78, 5) is 12.4. The van der Waals surface area contributed by atoms with Crippen molar-refractivity contribution in [3.63, 3.8) is 0 Å². The van der Waals surface area contributed by atoms with Gasteiger partial charge in [-0.05, 0) is 24.1 Å². The topological polar surface area (TPSA) is 70.0 Å². The van der Waals surface area contributed by atoms with Crippen molar-refractivity contribution in [1.29, 1.82) is 0 Å². The molecule has 2 N–H and O–H groups in total. The summed E-state index contributed by atoms with van der Waals surface area (Å²) in [5.41, 5.74) is 1.04. The van der Waals surface area contributed by atoms with Crippen LogP contribution in [0.25, 0.3) is 0 Å². The van der Waals surface area contributed by atoms with Crippen molar-refractivity contribution in [1.82, 2.24) is 4.90 Å². The third-order valence-corrected chi connectivity index (χ3v) is 3.52. The summed E-state index contributed by atoms with van der Waals surface area (Å²) in [6.45, 7) is 0.320. The minimum absolute atomic E-state index is 0.0528. The fraction of sp³-hybridized carbons (Fsp3) is 0.462. The van der Waals surface area contributed by atoms with E-state index in [0.717, 1.165) is 17.7 Å². The number of aliphatic hydroxyl groups excluding tert-OH is 1. The van der Waals surface area contributed by atoms with Gasteiger partial charge in [0, 0.05) is 12.5 Å². The van der Waals surface area contributed by atoms with Crippen LogP contribution in [-0.2, 0) is 0 Å². The Morgan fingerprint density at radius 2 is 2.11 bits per heavy atom. The predicted molar refractivity (Wildman–Crippen MR) is 66.0 cm³/mol. The van der Waals surface area contributed by atoms with Crippen molar-refractivity contribution in [2.24, 2.45) is 0 Å². The lowest BCUT2D eigenvalue weighted by molar-refractivity contribution is 0.114. The van der Waals surface area contributed by atoms with Gasteiger partial charge in [0.05, 0.1) is 19.8 Å². The van der Waals surface area contributed by atoms with Crippen LogP contribution in [-0.4, -0.2) is 47.5 Å². The van der Waals surface area contributed by atoms with Gasteiger partial charge in [-0.15, -0.1) is 0 Å². The first-order valence-corrected chi connectivity index (χ1v) is 5.91. The highest BCUT2D eigenvalue weighted by molar-refractivity contribution is 5.66. The Kier molecular flexibility index (Phi) is 3.72. The van der Waals surface area contributed by atoms with Crippen molar-refractivity contribution in [3.8, 4) is 5.75 Å². The first kappa shape index (κ1) is 12.7. The molecule has 98 valence electrons. The lowest BCUT2D eigenvalue weighted by Gasteiger charge is -2.24. The minimum atomic E-state index is -0.968. The highest BCUT2D eigenvalue weighted by Gasteiger charge is 2.37. The van der Waals surface area contributed by atoms with Gasteiger partial charge in [0.2, 0.25) is 0 Å². The van der Waals surface area contributed by atoms with Gasteiger partial charge in [-0.2, -0.15) is 0 Å². The summed E-state index contributed by atoms with van der Waals surface area (Å²) in [6, 6.07) is 7.21. The first-order chi connectivity index (χ1) is 8.67. The van der Waals surface area contributed by atoms with Crippen molar-refractivity contribution < 1.29 is 19.7 Å². The molecule has 0 aliphatic carbocycles. The number of carbonyl (C=O) groups is 1. The van der Waals surface area contributed by atoms with E-state index in [2.05, 4.69) is 0 Å². The SMILES string of the molecule is COc1ccc([C@@H]2CCN(C(=O)O)[C@@H]2CO)cc1. The van der Waals surface area contributed by atoms with E-state index < -0.39 is 6.09 Å². The molecule has 1 saturated heterocycles. The molecular formula is C13H17NO4. The van der Waals surface area contributed by atoms with Gasteiger partial charge in [-0.1, -0.05) is 12.1 Å². The van der Waals surface area contributed by atoms with Gasteiger partial charge in [0.25, 0.3) is 0 Å². The Bertz CT molecular complexity index is 418. The number of benzene rings is 1. The first-order valence-electron chi connectivity index (χ1n) is 5.91. The van der Waals surface area contributed by atoms with Gasteiger partial charge in [-0.25, -0.2) is 4.79 Å². The van der Waals surface area contributed by atoms with E-state index in [1.54, 1.807) is 7.11 Å². The van der Waals surface area contributed by atoms with Crippen LogP contribution >= 0.6 is 0 Å². The third kappa shape index (κ3) is 2.26. The summed E-state index contributed by atoms with van der Waals surface area (Å²) >= 11 is 0. The van der Waals surface area contributed by atoms with Gasteiger partial charge in [0.15, 0.2) is 0 Å². The van der Waals surface area contributed by atoms with E-state index in [9.17, 15) is 9.90 Å². The van der Waals surface area contributed by atoms with Crippen LogP contribution in [0.2, 0.25) is 0 Å². The van der Waals surface area contributed by atoms with Crippen LogP contribution in [0.5, 0.6) is 5.75 Å². The van der Waals surface area contributed by atoms with Crippen LogP contribution in [0, 0.1) is 0 Å². The summed E-state index contributed by atoms with van der Waals surface area (Å²) in [7, 11) is 1.60. The van der Waals surface area contributed by atoms with Crippen LogP contribution in [0.3, 0.4) is 0 Å². The van der Waals surface area contributed by atoms with Crippen LogP contribution in [0.1, 0.15) is 17.9 Å². The number of rotatable bonds is 3. The molecule has 1 aliphatic heterocycles. The summed E-state index contributed by atoms with van der Waals surface area (Å²) in [5.74, 6) is 0.824. The standard InChI is InChI=1S/C13H17NO4/c1-18-10-4-2-9(3-5-10)11-6-7-14(13(16)17)12(11)8-15/h2-5,11-12,15H,6-8H2,1H3,(H,16,17)/t11-,12+/m0/s1. The maximum Gasteiger partial charge on any atom is 0.407 e. The van der Waals surface area contributed by atoms with Gasteiger partial charge in [-0.3, -0.25) is 0 Å². The summed E-state index contributed by atoms with van der Waals surface area (Å²) in [6.07, 6.45) is -0.228. The number of methoxy groups -OCH3 is 1. The third-order valence-electron chi connectivity index (χ3n) is 3.52. The second kappa shape index (κ2) is 5.27. The van der Waals surface area contributed by atoms with Crippen molar-refractivity contribution >= 4 is 6.09 Å². The van der Waals surface area contributed by atoms with Crippen molar-refractivity contribution in [3.05, 3.63) is 29.8 Å². The Morgan fingerprint density at radius 1 is 1.44 bits per heavy atom. The van der Waals surface area contributed by atoms with E-state index >= 15 is 0 Å². The van der Waals surface area contributed by atoms with Gasteiger partial charge >= 0.3 is 6.09 Å². The smallest absolute Gasteiger partial charge is 0.407 e. The second-order valence-electron chi connectivity index (χ2n) is 4.39. The molecule has 1 aromatic rings. The molecule has 0 unspecified atom stereocenters. The zero-order valence-electron chi connectivity index (χ0n) is 10.2. The maximum absolute atomic E-state index is 11.0. The van der Waals surface area contributed by atoms with Gasteiger partial charge < -0.3 is 19.8 Å². The normalized spacial score (nSPS) is 23.1. The van der Waals surface area contributed by atoms with E-state index in [1.165, 1.54) is 4.90 Å². The van der Waals surface area contributed by atoms with Crippen molar-refractivity contribution in [2.45, 2.75) is 18.4 Å². The molecular weight excluding hydrogens is 234 g/mol. The molecule has 1 aliphatic rings. The average Bonchev–Trinajstić information content (AvgIpc) is 2.82. The minimum Gasteiger partial charge on any atom is -0.497 e. The van der Waals surface area contributed by atoms with E-state index in [0.29, 0.717) is 6.54 Å². The molecule has 5 heteroatoms. The fourth-order valence-electron chi connectivity index (χ4n) is 2.56. The molecule has 0 bridgehead atoms. The summed E-state index contributed by atoms with van der Waals surface area (Å²) < 4.78 is 5.09. The molecule has 1 fully saturated rings. The zero-order valence-corrected chi connectivity index (χ0v) is 10.2. The highest BCUT2D eigenvalue weighted by Crippen LogP contribution is 2.34. The zero-order chi connectivity index (χ0) is 13.1. The molecule has 0 spiro atoms. The Hall–Kier alpha value is -1.75. The van der Waals surface area contributed by atoms with Crippen LogP contribution in [0.4, 0.5) is 4.79 Å². The second-order valence-corrected chi connectivity index (χ2v) is 4.39. The van der Waals surface area contributed by atoms with Crippen molar-refractivity contribution in [2.75, 3.05) is 20.3 Å². The lowest BCUT2D eigenvalue weighted by atomic mass is 9.92. The quantitative estimate of drug-likeness (QED) is 0.854. The lowest BCUT2D eigenvalue weighted by Crippen LogP contribution is -2.38. The number of nitrogens with zero attached hydrogens (tertiary/aromatic N) is 1. The van der Waals surface area contributed by atoms with E-state index in [4.69, 9.17) is 9.84 Å². The number of aliphatic hydroxyl groups is 1. The molecule has 1 aromatic carbocycles. The largest absolute Gasteiger partial charge is 0.497 e. The number of carboxylic acid groups (broad SMARTS) is 1. The predicted octanol–water partition coefficient (Wildman–Crippen LogP) is 1.52. The molecule has 0 saturated carbocycles. The Balaban J connectivity index is 2.19. The highest BCUT2D eigenvalue weighted by atomic mass is 16.5. The van der Waals surface area contributed by atoms with Crippen LogP contribution < -0.4 is 4.74 Å². The van der Waals surface area contributed by atoms with E-state index in [-0.39, 0.29) is 18.6 Å². The summed E-state index contributed by atoms with van der Waals surface area (Å²) in [5, 5.41) is 18.4.